The van der Waals surface area contributed by atoms with Crippen molar-refractivity contribution in [3.8, 4) is 5.75 Å². The van der Waals surface area contributed by atoms with Crippen molar-refractivity contribution in [2.45, 2.75) is 20.0 Å². The van der Waals surface area contributed by atoms with Gasteiger partial charge in [0.1, 0.15) is 5.75 Å². The second-order valence-electron chi connectivity index (χ2n) is 4.00. The molecule has 0 aromatic heterocycles. The van der Waals surface area contributed by atoms with Crippen molar-refractivity contribution in [3.63, 3.8) is 0 Å². The molecule has 1 N–H and O–H groups in total. The van der Waals surface area contributed by atoms with E-state index in [0.29, 0.717) is 17.9 Å². The molecule has 6 heteroatoms. The van der Waals surface area contributed by atoms with Gasteiger partial charge in [0, 0.05) is 18.2 Å². The number of nitro benzene ring substituents is 1. The van der Waals surface area contributed by atoms with Crippen LogP contribution in [0.2, 0.25) is 0 Å². The number of nitrogens with zero attached hydrogens (tertiary/aromatic N) is 1. The smallest absolute Gasteiger partial charge is 0.272 e. The Kier molecular flexibility index (Phi) is 5.05. The summed E-state index contributed by atoms with van der Waals surface area (Å²) >= 11 is 0. The van der Waals surface area contributed by atoms with Crippen molar-refractivity contribution < 1.29 is 14.5 Å². The summed E-state index contributed by atoms with van der Waals surface area (Å²) in [6, 6.07) is 4.37. The van der Waals surface area contributed by atoms with Crippen molar-refractivity contribution in [1.82, 2.24) is 5.32 Å². The lowest BCUT2D eigenvalue weighted by Gasteiger charge is -2.14. The number of aryl methyl sites for hydroxylation is 1. The molecule has 0 aliphatic heterocycles. The molecule has 1 rings (SSSR count). The number of nitro groups is 1. The predicted octanol–water partition coefficient (Wildman–Crippen LogP) is 1.97. The van der Waals surface area contributed by atoms with E-state index in [1.807, 2.05) is 0 Å². The van der Waals surface area contributed by atoms with Crippen LogP contribution in [0.1, 0.15) is 12.5 Å². The highest BCUT2D eigenvalue weighted by Crippen LogP contribution is 2.23. The van der Waals surface area contributed by atoms with Crippen LogP contribution >= 0.6 is 0 Å². The molecule has 0 aliphatic carbocycles. The fourth-order valence-electron chi connectivity index (χ4n) is 1.48. The van der Waals surface area contributed by atoms with Gasteiger partial charge in [0.25, 0.3) is 11.6 Å². The second kappa shape index (κ2) is 6.53. The maximum absolute atomic E-state index is 11.6. The van der Waals surface area contributed by atoms with E-state index in [0.717, 1.165) is 0 Å². The van der Waals surface area contributed by atoms with Gasteiger partial charge in [-0.2, -0.15) is 0 Å². The monoisotopic (exact) mass is 264 g/mol. The number of hydrogen-bond donors (Lipinski definition) is 1. The molecule has 0 spiro atoms. The van der Waals surface area contributed by atoms with Gasteiger partial charge in [-0.15, -0.1) is 6.58 Å². The Bertz CT molecular complexity index is 499. The Morgan fingerprint density at radius 3 is 2.84 bits per heavy atom. The zero-order chi connectivity index (χ0) is 14.4. The molecule has 0 unspecified atom stereocenters. The molecule has 0 saturated carbocycles. The molecule has 0 bridgehead atoms. The van der Waals surface area contributed by atoms with Crippen molar-refractivity contribution >= 4 is 11.6 Å². The van der Waals surface area contributed by atoms with E-state index in [1.54, 1.807) is 19.9 Å². The molecule has 0 aliphatic rings. The van der Waals surface area contributed by atoms with Gasteiger partial charge in [-0.3, -0.25) is 14.9 Å². The molecule has 102 valence electrons. The number of ether oxygens (including phenoxy) is 1. The summed E-state index contributed by atoms with van der Waals surface area (Å²) in [5.74, 6) is 0.153. The third-order valence-corrected chi connectivity index (χ3v) is 2.47. The maximum atomic E-state index is 11.6. The molecular weight excluding hydrogens is 248 g/mol. The molecule has 1 aromatic rings. The van der Waals surface area contributed by atoms with Gasteiger partial charge < -0.3 is 10.1 Å². The first-order chi connectivity index (χ1) is 8.95. The molecular formula is C13H16N2O4. The van der Waals surface area contributed by atoms with Crippen LogP contribution in [0.25, 0.3) is 0 Å². The minimum Gasteiger partial charge on any atom is -0.481 e. The first-order valence-corrected chi connectivity index (χ1v) is 5.76. The van der Waals surface area contributed by atoms with Crippen LogP contribution < -0.4 is 10.1 Å². The number of nitrogens with one attached hydrogen (secondary N) is 1. The number of hydrogen-bond acceptors (Lipinski definition) is 4. The molecule has 0 saturated heterocycles. The SMILES string of the molecule is C=CCNC(=O)[C@@H](C)Oc1ccc([N+](=O)[O-])c(C)c1. The third kappa shape index (κ3) is 4.09. The zero-order valence-corrected chi connectivity index (χ0v) is 10.9. The molecule has 19 heavy (non-hydrogen) atoms. The largest absolute Gasteiger partial charge is 0.481 e. The lowest BCUT2D eigenvalue weighted by atomic mass is 10.2. The van der Waals surface area contributed by atoms with E-state index in [-0.39, 0.29) is 11.6 Å². The maximum Gasteiger partial charge on any atom is 0.272 e. The summed E-state index contributed by atoms with van der Waals surface area (Å²) in [4.78, 5) is 21.8. The average molecular weight is 264 g/mol. The summed E-state index contributed by atoms with van der Waals surface area (Å²) in [6.45, 7) is 7.09. The zero-order valence-electron chi connectivity index (χ0n) is 10.9. The van der Waals surface area contributed by atoms with Crippen LogP contribution in [0, 0.1) is 17.0 Å². The molecule has 1 aromatic carbocycles. The fraction of sp³-hybridized carbons (Fsp3) is 0.308. The van der Waals surface area contributed by atoms with Crippen molar-refractivity contribution in [1.29, 1.82) is 0 Å². The number of carbonyl (C=O) groups is 1. The number of rotatable bonds is 6. The van der Waals surface area contributed by atoms with Crippen LogP contribution in [0.4, 0.5) is 5.69 Å². The average Bonchev–Trinajstić information content (AvgIpc) is 2.35. The van der Waals surface area contributed by atoms with Crippen molar-refractivity contribution in [2.24, 2.45) is 0 Å². The highest BCUT2D eigenvalue weighted by molar-refractivity contribution is 5.80. The Hall–Kier alpha value is -2.37. The van der Waals surface area contributed by atoms with Gasteiger partial charge in [-0.05, 0) is 26.0 Å². The molecule has 0 radical (unpaired) electrons. The summed E-state index contributed by atoms with van der Waals surface area (Å²) in [5, 5.41) is 13.3. The van der Waals surface area contributed by atoms with Crippen LogP contribution in [-0.2, 0) is 4.79 Å². The first-order valence-electron chi connectivity index (χ1n) is 5.76. The Morgan fingerprint density at radius 1 is 1.63 bits per heavy atom. The highest BCUT2D eigenvalue weighted by Gasteiger charge is 2.16. The summed E-state index contributed by atoms with van der Waals surface area (Å²) in [7, 11) is 0. The van der Waals surface area contributed by atoms with Gasteiger partial charge in [0.15, 0.2) is 6.10 Å². The number of benzene rings is 1. The lowest BCUT2D eigenvalue weighted by molar-refractivity contribution is -0.385. The molecule has 0 fully saturated rings. The molecule has 1 amide bonds. The van der Waals surface area contributed by atoms with Gasteiger partial charge >= 0.3 is 0 Å². The Labute approximate surface area is 111 Å². The molecule has 0 heterocycles. The van der Waals surface area contributed by atoms with E-state index in [9.17, 15) is 14.9 Å². The summed E-state index contributed by atoms with van der Waals surface area (Å²) in [6.07, 6.45) is 0.890. The van der Waals surface area contributed by atoms with E-state index in [1.165, 1.54) is 18.2 Å². The minimum absolute atomic E-state index is 0.0242. The van der Waals surface area contributed by atoms with Gasteiger partial charge in [-0.25, -0.2) is 0 Å². The van der Waals surface area contributed by atoms with Crippen LogP contribution in [0.3, 0.4) is 0 Å². The second-order valence-corrected chi connectivity index (χ2v) is 4.00. The number of amides is 1. The standard InChI is InChI=1S/C13H16N2O4/c1-4-7-14-13(16)10(3)19-11-5-6-12(15(17)18)9(2)8-11/h4-6,8,10H,1,7H2,2-3H3,(H,14,16)/t10-/m1/s1. The normalized spacial score (nSPS) is 11.5. The predicted molar refractivity (Wildman–Crippen MR) is 71.1 cm³/mol. The van der Waals surface area contributed by atoms with Gasteiger partial charge in [0.2, 0.25) is 0 Å². The summed E-state index contributed by atoms with van der Waals surface area (Å²) in [5.41, 5.74) is 0.511. The Morgan fingerprint density at radius 2 is 2.32 bits per heavy atom. The first kappa shape index (κ1) is 14.7. The quantitative estimate of drug-likeness (QED) is 0.484. The van der Waals surface area contributed by atoms with Crippen LogP contribution in [0.15, 0.2) is 30.9 Å². The lowest BCUT2D eigenvalue weighted by Crippen LogP contribution is -2.36. The van der Waals surface area contributed by atoms with Crippen LogP contribution in [0.5, 0.6) is 5.75 Å². The fourth-order valence-corrected chi connectivity index (χ4v) is 1.48. The van der Waals surface area contributed by atoms with Crippen molar-refractivity contribution in [3.05, 3.63) is 46.5 Å². The minimum atomic E-state index is -0.680. The van der Waals surface area contributed by atoms with E-state index >= 15 is 0 Å². The molecule has 6 nitrogen and oxygen atoms in total. The van der Waals surface area contributed by atoms with Gasteiger partial charge in [-0.1, -0.05) is 6.08 Å². The van der Waals surface area contributed by atoms with Gasteiger partial charge in [0.05, 0.1) is 4.92 Å². The van der Waals surface area contributed by atoms with Crippen LogP contribution in [-0.4, -0.2) is 23.5 Å². The Balaban J connectivity index is 2.72. The third-order valence-electron chi connectivity index (χ3n) is 2.47. The van der Waals surface area contributed by atoms with Crippen molar-refractivity contribution in [2.75, 3.05) is 6.54 Å². The summed E-state index contributed by atoms with van der Waals surface area (Å²) < 4.78 is 5.42. The number of carbonyl (C=O) groups excluding carboxylic acids is 1. The molecule has 1 atom stereocenters. The highest BCUT2D eigenvalue weighted by atomic mass is 16.6. The van der Waals surface area contributed by atoms with E-state index in [4.69, 9.17) is 4.74 Å². The van der Waals surface area contributed by atoms with E-state index in [2.05, 4.69) is 11.9 Å². The topological polar surface area (TPSA) is 81.5 Å². The van der Waals surface area contributed by atoms with E-state index < -0.39 is 11.0 Å².